The molecule has 0 aliphatic heterocycles. The summed E-state index contributed by atoms with van der Waals surface area (Å²) in [5, 5.41) is 0.0230. The van der Waals surface area contributed by atoms with Crippen LogP contribution in [0, 0.1) is 0 Å². The van der Waals surface area contributed by atoms with Crippen LogP contribution in [0.1, 0.15) is 125 Å². The summed E-state index contributed by atoms with van der Waals surface area (Å²) in [4.78, 5) is 23.4. The van der Waals surface area contributed by atoms with Gasteiger partial charge >= 0.3 is 11.9 Å². The highest BCUT2D eigenvalue weighted by molar-refractivity contribution is 6.74. The fraction of sp³-hybridized carbons (Fsp3) is 0.862. The number of ether oxygens (including phenoxy) is 2. The summed E-state index contributed by atoms with van der Waals surface area (Å²) in [6.45, 7) is 14.6. The molecule has 0 radical (unpaired) electrons. The zero-order valence-electron chi connectivity index (χ0n) is 24.1. The van der Waals surface area contributed by atoms with Crippen molar-refractivity contribution >= 4 is 20.3 Å². The number of hydrogen-bond donors (Lipinski definition) is 0. The number of allylic oxidation sites excluding steroid dienone is 2. The van der Waals surface area contributed by atoms with Crippen molar-refractivity contribution in [2.45, 2.75) is 149 Å². The summed E-state index contributed by atoms with van der Waals surface area (Å²) in [6.07, 6.45) is 20.7. The maximum absolute atomic E-state index is 12.2. The summed E-state index contributed by atoms with van der Waals surface area (Å²) in [5.74, 6) is -0.553. The molecular weight excluding hydrogens is 456 g/mol. The first-order valence-electron chi connectivity index (χ1n) is 14.1. The van der Waals surface area contributed by atoms with Crippen LogP contribution in [-0.2, 0) is 23.5 Å². The van der Waals surface area contributed by atoms with Crippen LogP contribution in [0.5, 0.6) is 0 Å². The van der Waals surface area contributed by atoms with Gasteiger partial charge in [0.25, 0.3) is 0 Å². The van der Waals surface area contributed by atoms with Gasteiger partial charge in [-0.25, -0.2) is 0 Å². The molecule has 0 rings (SSSR count). The second kappa shape index (κ2) is 20.0. The maximum atomic E-state index is 12.2. The lowest BCUT2D eigenvalue weighted by Gasteiger charge is -2.38. The highest BCUT2D eigenvalue weighted by Crippen LogP contribution is 2.37. The summed E-state index contributed by atoms with van der Waals surface area (Å²) in [5.41, 5.74) is 0. The highest BCUT2D eigenvalue weighted by Gasteiger charge is 2.39. The normalized spacial score (nSPS) is 13.2. The molecule has 0 saturated heterocycles. The van der Waals surface area contributed by atoms with E-state index in [0.29, 0.717) is 6.42 Å². The Kier molecular flexibility index (Phi) is 19.3. The van der Waals surface area contributed by atoms with Crippen LogP contribution in [0.25, 0.3) is 0 Å². The average molecular weight is 513 g/mol. The second-order valence-corrected chi connectivity index (χ2v) is 16.1. The van der Waals surface area contributed by atoms with Crippen molar-refractivity contribution in [2.24, 2.45) is 0 Å². The minimum atomic E-state index is -2.06. The lowest BCUT2D eigenvalue weighted by molar-refractivity contribution is -0.150. The number of hydrogen-bond acceptors (Lipinski definition) is 5. The van der Waals surface area contributed by atoms with Gasteiger partial charge in [0, 0.05) is 13.3 Å². The molecule has 5 nitrogen and oxygen atoms in total. The maximum Gasteiger partial charge on any atom is 0.305 e. The fourth-order valence-corrected chi connectivity index (χ4v) is 4.84. The number of carbonyl (C=O) groups is 2. The van der Waals surface area contributed by atoms with E-state index in [9.17, 15) is 9.59 Å². The van der Waals surface area contributed by atoms with Gasteiger partial charge in [0.15, 0.2) is 8.32 Å². The first-order valence-corrected chi connectivity index (χ1v) is 17.0. The van der Waals surface area contributed by atoms with E-state index in [2.05, 4.69) is 52.9 Å². The molecule has 6 heteroatoms. The van der Waals surface area contributed by atoms with Crippen LogP contribution < -0.4 is 0 Å². The van der Waals surface area contributed by atoms with E-state index >= 15 is 0 Å². The third-order valence-corrected chi connectivity index (χ3v) is 11.3. The Morgan fingerprint density at radius 1 is 0.771 bits per heavy atom. The number of carbonyl (C=O) groups excluding carboxylic acids is 2. The van der Waals surface area contributed by atoms with Crippen molar-refractivity contribution in [2.75, 3.05) is 13.2 Å². The van der Waals surface area contributed by atoms with E-state index in [1.54, 1.807) is 0 Å². The van der Waals surface area contributed by atoms with Gasteiger partial charge in [-0.05, 0) is 50.2 Å². The van der Waals surface area contributed by atoms with Crippen molar-refractivity contribution in [1.82, 2.24) is 0 Å². The Hall–Kier alpha value is -1.14. The van der Waals surface area contributed by atoms with Crippen LogP contribution in [0.15, 0.2) is 12.2 Å². The molecule has 206 valence electrons. The zero-order chi connectivity index (χ0) is 26.6. The molecule has 1 atom stereocenters. The SMILES string of the molecule is CCCCCCCC/C=C\CCCCCCCC(=O)OCC(COC(C)=O)O[Si](C)(C)C(C)(C)C. The van der Waals surface area contributed by atoms with E-state index < -0.39 is 14.4 Å². The third-order valence-electron chi connectivity index (χ3n) is 6.81. The van der Waals surface area contributed by atoms with E-state index in [4.69, 9.17) is 13.9 Å². The van der Waals surface area contributed by atoms with Gasteiger partial charge in [-0.3, -0.25) is 9.59 Å². The predicted octanol–water partition coefficient (Wildman–Crippen LogP) is 8.52. The van der Waals surface area contributed by atoms with Gasteiger partial charge < -0.3 is 13.9 Å². The van der Waals surface area contributed by atoms with Gasteiger partial charge in [0.05, 0.1) is 0 Å². The van der Waals surface area contributed by atoms with Gasteiger partial charge in [-0.1, -0.05) is 91.2 Å². The highest BCUT2D eigenvalue weighted by atomic mass is 28.4. The molecule has 0 N–H and O–H groups in total. The lowest BCUT2D eigenvalue weighted by atomic mass is 10.1. The largest absolute Gasteiger partial charge is 0.463 e. The molecule has 0 spiro atoms. The van der Waals surface area contributed by atoms with Crippen LogP contribution in [0.3, 0.4) is 0 Å². The monoisotopic (exact) mass is 512 g/mol. The molecule has 0 fully saturated rings. The molecule has 35 heavy (non-hydrogen) atoms. The van der Waals surface area contributed by atoms with Crippen molar-refractivity contribution < 1.29 is 23.5 Å². The molecule has 0 saturated carbocycles. The molecular formula is C29H56O5Si. The van der Waals surface area contributed by atoms with Crippen LogP contribution in [0.4, 0.5) is 0 Å². The van der Waals surface area contributed by atoms with Gasteiger partial charge in [0.1, 0.15) is 19.3 Å². The Balaban J connectivity index is 3.93. The van der Waals surface area contributed by atoms with Crippen LogP contribution >= 0.6 is 0 Å². The minimum absolute atomic E-state index is 0.0230. The molecule has 1 unspecified atom stereocenters. The smallest absolute Gasteiger partial charge is 0.305 e. The first kappa shape index (κ1) is 33.9. The van der Waals surface area contributed by atoms with E-state index in [-0.39, 0.29) is 30.2 Å². The Morgan fingerprint density at radius 3 is 1.77 bits per heavy atom. The van der Waals surface area contributed by atoms with Gasteiger partial charge in [0.2, 0.25) is 0 Å². The van der Waals surface area contributed by atoms with Crippen molar-refractivity contribution in [1.29, 1.82) is 0 Å². The lowest BCUT2D eigenvalue weighted by Crippen LogP contribution is -2.46. The van der Waals surface area contributed by atoms with Crippen molar-refractivity contribution in [3.63, 3.8) is 0 Å². The molecule has 0 heterocycles. The number of unbranched alkanes of at least 4 members (excludes halogenated alkanes) is 11. The summed E-state index contributed by atoms with van der Waals surface area (Å²) < 4.78 is 16.9. The topological polar surface area (TPSA) is 61.8 Å². The molecule has 0 aromatic rings. The third kappa shape index (κ3) is 19.7. The summed E-state index contributed by atoms with van der Waals surface area (Å²) in [7, 11) is -2.06. The first-order chi connectivity index (χ1) is 16.5. The quantitative estimate of drug-likeness (QED) is 0.0667. The zero-order valence-corrected chi connectivity index (χ0v) is 25.1. The molecule has 0 aliphatic carbocycles. The Bertz CT molecular complexity index is 580. The molecule has 0 bridgehead atoms. The standard InChI is InChI=1S/C29H56O5Si/c1-8-9-10-11-12-13-14-15-16-17-18-19-20-21-22-23-28(31)33-25-27(24-32-26(2)30)34-35(6,7)29(3,4)5/h15-16,27H,8-14,17-25H2,1-7H3/b16-15-. The van der Waals surface area contributed by atoms with Crippen molar-refractivity contribution in [3.05, 3.63) is 12.2 Å². The number of esters is 2. The molecule has 0 aromatic carbocycles. The van der Waals surface area contributed by atoms with Crippen LogP contribution in [0.2, 0.25) is 18.1 Å². The van der Waals surface area contributed by atoms with Gasteiger partial charge in [-0.15, -0.1) is 0 Å². The van der Waals surface area contributed by atoms with E-state index in [1.807, 2.05) is 0 Å². The van der Waals surface area contributed by atoms with Gasteiger partial charge in [-0.2, -0.15) is 0 Å². The number of rotatable bonds is 21. The predicted molar refractivity (Wildman–Crippen MR) is 149 cm³/mol. The summed E-state index contributed by atoms with van der Waals surface area (Å²) in [6, 6.07) is 0. The summed E-state index contributed by atoms with van der Waals surface area (Å²) >= 11 is 0. The van der Waals surface area contributed by atoms with Crippen LogP contribution in [-0.4, -0.2) is 39.6 Å². The van der Waals surface area contributed by atoms with E-state index in [1.165, 1.54) is 64.7 Å². The Labute approximate surface area is 217 Å². The fourth-order valence-electron chi connectivity index (χ4n) is 3.52. The molecule has 0 aromatic heterocycles. The average Bonchev–Trinajstić information content (AvgIpc) is 2.77. The molecule has 0 amide bonds. The van der Waals surface area contributed by atoms with Crippen molar-refractivity contribution in [3.8, 4) is 0 Å². The molecule has 0 aliphatic rings. The Morgan fingerprint density at radius 2 is 1.26 bits per heavy atom. The minimum Gasteiger partial charge on any atom is -0.463 e. The van der Waals surface area contributed by atoms with E-state index in [0.717, 1.165) is 25.7 Å². The second-order valence-electron chi connectivity index (χ2n) is 11.3.